The molecule has 21 heavy (non-hydrogen) atoms. The van der Waals surface area contributed by atoms with Crippen molar-refractivity contribution in [1.29, 1.82) is 0 Å². The highest BCUT2D eigenvalue weighted by atomic mass is 35.5. The van der Waals surface area contributed by atoms with Gasteiger partial charge in [-0.1, -0.05) is 32.4 Å². The van der Waals surface area contributed by atoms with Gasteiger partial charge in [0, 0.05) is 25.0 Å². The summed E-state index contributed by atoms with van der Waals surface area (Å²) in [6.45, 7) is 6.48. The number of hydrogen-bond donors (Lipinski definition) is 2. The van der Waals surface area contributed by atoms with Crippen molar-refractivity contribution >= 4 is 11.6 Å². The van der Waals surface area contributed by atoms with E-state index in [0.717, 1.165) is 42.1 Å². The van der Waals surface area contributed by atoms with Crippen LogP contribution in [-0.4, -0.2) is 40.4 Å². The molecule has 1 unspecified atom stereocenters. The number of nitrogens with one attached hydrogen (secondary N) is 1. The number of nitrogens with two attached hydrogens (primary N) is 1. The minimum atomic E-state index is -0.00523. The second-order valence-corrected chi connectivity index (χ2v) is 6.19. The van der Waals surface area contributed by atoms with E-state index < -0.39 is 0 Å². The van der Waals surface area contributed by atoms with Crippen LogP contribution in [0.3, 0.4) is 0 Å². The Hall–Kier alpha value is -0.620. The largest absolute Gasteiger partial charge is 0.302 e. The van der Waals surface area contributed by atoms with E-state index in [1.807, 2.05) is 11.7 Å². The van der Waals surface area contributed by atoms with Gasteiger partial charge in [0.1, 0.15) is 0 Å². The Balaban J connectivity index is 3.15. The Labute approximate surface area is 133 Å². The normalized spacial score (nSPS) is 14.0. The van der Waals surface area contributed by atoms with Gasteiger partial charge in [-0.3, -0.25) is 16.0 Å². The van der Waals surface area contributed by atoms with Gasteiger partial charge in [-0.05, 0) is 33.4 Å². The quantitative estimate of drug-likeness (QED) is 0.570. The standard InChI is InChI=1S/C15H30ClN5/c1-7-11-14(16)12(21(6)19-11)10-13(18-17)15(8-2,9-3)20(4)5/h13,18H,7-10,17H2,1-6H3. The van der Waals surface area contributed by atoms with Crippen LogP contribution in [0.4, 0.5) is 0 Å². The van der Waals surface area contributed by atoms with Crippen LogP contribution in [0.5, 0.6) is 0 Å². The molecule has 3 N–H and O–H groups in total. The molecular weight excluding hydrogens is 286 g/mol. The van der Waals surface area contributed by atoms with Gasteiger partial charge in [-0.2, -0.15) is 5.10 Å². The summed E-state index contributed by atoms with van der Waals surface area (Å²) in [5.74, 6) is 5.89. The first kappa shape index (κ1) is 18.4. The lowest BCUT2D eigenvalue weighted by Crippen LogP contribution is -2.61. The van der Waals surface area contributed by atoms with E-state index >= 15 is 0 Å². The molecule has 0 saturated carbocycles. The fraction of sp³-hybridized carbons (Fsp3) is 0.800. The molecule has 1 aromatic heterocycles. The number of nitrogens with zero attached hydrogens (tertiary/aromatic N) is 3. The van der Waals surface area contributed by atoms with Gasteiger partial charge < -0.3 is 4.90 Å². The van der Waals surface area contributed by atoms with Crippen LogP contribution in [0.1, 0.15) is 45.0 Å². The Bertz CT molecular complexity index is 451. The first-order valence-corrected chi connectivity index (χ1v) is 8.09. The molecule has 1 atom stereocenters. The number of aryl methyl sites for hydroxylation is 2. The minimum absolute atomic E-state index is 0.00523. The van der Waals surface area contributed by atoms with E-state index in [2.05, 4.69) is 50.3 Å². The third-order valence-corrected chi connectivity index (χ3v) is 5.30. The van der Waals surface area contributed by atoms with Crippen molar-refractivity contribution in [3.8, 4) is 0 Å². The van der Waals surface area contributed by atoms with Crippen molar-refractivity contribution in [3.05, 3.63) is 16.4 Å². The molecule has 0 amide bonds. The molecule has 0 aliphatic heterocycles. The van der Waals surface area contributed by atoms with Gasteiger partial charge in [0.25, 0.3) is 0 Å². The number of rotatable bonds is 8. The molecule has 0 aromatic carbocycles. The molecule has 0 saturated heterocycles. The fourth-order valence-electron chi connectivity index (χ4n) is 3.33. The van der Waals surface area contributed by atoms with Crippen LogP contribution in [0.25, 0.3) is 0 Å². The zero-order chi connectivity index (χ0) is 16.2. The number of hydrogen-bond acceptors (Lipinski definition) is 4. The van der Waals surface area contributed by atoms with E-state index in [1.54, 1.807) is 0 Å². The summed E-state index contributed by atoms with van der Waals surface area (Å²) in [6.07, 6.45) is 3.63. The maximum Gasteiger partial charge on any atom is 0.0850 e. The smallest absolute Gasteiger partial charge is 0.0850 e. The predicted molar refractivity (Wildman–Crippen MR) is 89.4 cm³/mol. The van der Waals surface area contributed by atoms with Crippen LogP contribution in [0.15, 0.2) is 0 Å². The van der Waals surface area contributed by atoms with E-state index in [1.165, 1.54) is 0 Å². The van der Waals surface area contributed by atoms with Crippen molar-refractivity contribution in [2.24, 2.45) is 12.9 Å². The van der Waals surface area contributed by atoms with Crippen LogP contribution in [0.2, 0.25) is 5.02 Å². The van der Waals surface area contributed by atoms with Gasteiger partial charge in [-0.25, -0.2) is 0 Å². The lowest BCUT2D eigenvalue weighted by molar-refractivity contribution is 0.0874. The van der Waals surface area contributed by atoms with E-state index in [-0.39, 0.29) is 11.6 Å². The molecule has 0 radical (unpaired) electrons. The summed E-state index contributed by atoms with van der Waals surface area (Å²) in [4.78, 5) is 2.27. The minimum Gasteiger partial charge on any atom is -0.302 e. The average molecular weight is 316 g/mol. The molecular formula is C15H30ClN5. The zero-order valence-electron chi connectivity index (χ0n) is 14.2. The zero-order valence-corrected chi connectivity index (χ0v) is 15.0. The van der Waals surface area contributed by atoms with Crippen LogP contribution in [0, 0.1) is 0 Å². The molecule has 0 aliphatic rings. The maximum atomic E-state index is 6.48. The maximum absolute atomic E-state index is 6.48. The highest BCUT2D eigenvalue weighted by Gasteiger charge is 2.38. The van der Waals surface area contributed by atoms with E-state index in [4.69, 9.17) is 17.4 Å². The first-order chi connectivity index (χ1) is 9.87. The average Bonchev–Trinajstić information content (AvgIpc) is 2.74. The van der Waals surface area contributed by atoms with Gasteiger partial charge in [-0.15, -0.1) is 0 Å². The summed E-state index contributed by atoms with van der Waals surface area (Å²) >= 11 is 6.48. The SMILES string of the molecule is CCc1nn(C)c(CC(NN)C(CC)(CC)N(C)C)c1Cl. The van der Waals surface area contributed by atoms with Crippen molar-refractivity contribution in [2.75, 3.05) is 14.1 Å². The first-order valence-electron chi connectivity index (χ1n) is 7.71. The molecule has 0 fully saturated rings. The van der Waals surface area contributed by atoms with Crippen LogP contribution >= 0.6 is 11.6 Å². The summed E-state index contributed by atoms with van der Waals surface area (Å²) in [6, 6.07) is 0.111. The van der Waals surface area contributed by atoms with Crippen LogP contribution < -0.4 is 11.3 Å². The number of aromatic nitrogens is 2. The molecule has 0 bridgehead atoms. The predicted octanol–water partition coefficient (Wildman–Crippen LogP) is 2.13. The number of halogens is 1. The Morgan fingerprint density at radius 1 is 1.33 bits per heavy atom. The molecule has 1 aromatic rings. The topological polar surface area (TPSA) is 59.1 Å². The molecule has 1 heterocycles. The fourth-order valence-corrected chi connectivity index (χ4v) is 3.70. The Kier molecular flexibility index (Phi) is 6.66. The summed E-state index contributed by atoms with van der Waals surface area (Å²) in [5, 5.41) is 5.27. The Morgan fingerprint density at radius 2 is 1.90 bits per heavy atom. The lowest BCUT2D eigenvalue weighted by atomic mass is 9.81. The van der Waals surface area contributed by atoms with Gasteiger partial charge >= 0.3 is 0 Å². The second-order valence-electron chi connectivity index (χ2n) is 5.81. The van der Waals surface area contributed by atoms with E-state index in [9.17, 15) is 0 Å². The molecule has 5 nitrogen and oxygen atoms in total. The molecule has 1 rings (SSSR count). The second kappa shape index (κ2) is 7.58. The molecule has 0 spiro atoms. The lowest BCUT2D eigenvalue weighted by Gasteiger charge is -2.45. The van der Waals surface area contributed by atoms with Gasteiger partial charge in [0.15, 0.2) is 0 Å². The van der Waals surface area contributed by atoms with Crippen LogP contribution in [-0.2, 0) is 19.9 Å². The summed E-state index contributed by atoms with van der Waals surface area (Å²) in [5.41, 5.74) is 5.01. The van der Waals surface area contributed by atoms with Crippen molar-refractivity contribution < 1.29 is 0 Å². The highest BCUT2D eigenvalue weighted by molar-refractivity contribution is 6.31. The third kappa shape index (κ3) is 3.42. The van der Waals surface area contributed by atoms with Crippen molar-refractivity contribution in [2.45, 2.75) is 58.0 Å². The molecule has 122 valence electrons. The summed E-state index contributed by atoms with van der Waals surface area (Å²) in [7, 11) is 6.17. The van der Waals surface area contributed by atoms with Crippen molar-refractivity contribution in [3.63, 3.8) is 0 Å². The number of likely N-dealkylation sites (N-methyl/N-ethyl adjacent to an activating group) is 1. The Morgan fingerprint density at radius 3 is 2.24 bits per heavy atom. The van der Waals surface area contributed by atoms with Crippen molar-refractivity contribution in [1.82, 2.24) is 20.1 Å². The highest BCUT2D eigenvalue weighted by Crippen LogP contribution is 2.30. The molecule has 6 heteroatoms. The molecule has 0 aliphatic carbocycles. The van der Waals surface area contributed by atoms with Gasteiger partial charge in [0.05, 0.1) is 16.4 Å². The van der Waals surface area contributed by atoms with E-state index in [0.29, 0.717) is 0 Å². The third-order valence-electron chi connectivity index (χ3n) is 4.87. The monoisotopic (exact) mass is 315 g/mol. The van der Waals surface area contributed by atoms with Gasteiger partial charge in [0.2, 0.25) is 0 Å². The summed E-state index contributed by atoms with van der Waals surface area (Å²) < 4.78 is 1.89. The number of hydrazine groups is 1.